The molecule has 0 bridgehead atoms. The van der Waals surface area contributed by atoms with E-state index < -0.39 is 0 Å². The van der Waals surface area contributed by atoms with Gasteiger partial charge in [0, 0.05) is 44.6 Å². The molecule has 1 aromatic heterocycles. The number of nitrogens with zero attached hydrogens (tertiary/aromatic N) is 2. The van der Waals surface area contributed by atoms with Gasteiger partial charge in [-0.1, -0.05) is 24.9 Å². The average Bonchev–Trinajstić information content (AvgIpc) is 2.38. The van der Waals surface area contributed by atoms with E-state index in [1.54, 1.807) is 6.20 Å². The van der Waals surface area contributed by atoms with Gasteiger partial charge in [-0.2, -0.15) is 0 Å². The van der Waals surface area contributed by atoms with Gasteiger partial charge in [0.2, 0.25) is 0 Å². The van der Waals surface area contributed by atoms with Crippen LogP contribution in [0.25, 0.3) is 0 Å². The number of aromatic nitrogens is 1. The molecule has 0 aromatic carbocycles. The molecular weight excluding hydrogens is 234 g/mol. The quantitative estimate of drug-likeness (QED) is 0.894. The first-order chi connectivity index (χ1) is 8.33. The van der Waals surface area contributed by atoms with E-state index in [0.29, 0.717) is 6.04 Å². The van der Waals surface area contributed by atoms with Crippen molar-refractivity contribution < 1.29 is 0 Å². The van der Waals surface area contributed by atoms with E-state index in [1.165, 1.54) is 12.0 Å². The summed E-state index contributed by atoms with van der Waals surface area (Å²) in [4.78, 5) is 6.60. The Bertz CT molecular complexity index is 350. The fourth-order valence-corrected chi connectivity index (χ4v) is 2.70. The first kappa shape index (κ1) is 12.8. The second-order valence-corrected chi connectivity index (χ2v) is 4.89. The Morgan fingerprint density at radius 3 is 2.88 bits per heavy atom. The minimum absolute atomic E-state index is 0.442. The van der Waals surface area contributed by atoms with Gasteiger partial charge in [-0.15, -0.1) is 0 Å². The summed E-state index contributed by atoms with van der Waals surface area (Å²) in [6, 6.07) is 2.50. The maximum atomic E-state index is 6.27. The van der Waals surface area contributed by atoms with Crippen LogP contribution in [-0.2, 0) is 0 Å². The van der Waals surface area contributed by atoms with Crippen molar-refractivity contribution >= 4 is 11.6 Å². The van der Waals surface area contributed by atoms with Crippen LogP contribution >= 0.6 is 11.6 Å². The Morgan fingerprint density at radius 2 is 2.24 bits per heavy atom. The molecule has 0 spiro atoms. The zero-order valence-corrected chi connectivity index (χ0v) is 11.1. The molecule has 3 nitrogen and oxygen atoms in total. The molecule has 1 atom stereocenters. The highest BCUT2D eigenvalue weighted by atomic mass is 35.5. The summed E-state index contributed by atoms with van der Waals surface area (Å²) < 4.78 is 0. The van der Waals surface area contributed by atoms with Gasteiger partial charge >= 0.3 is 0 Å². The van der Waals surface area contributed by atoms with Crippen molar-refractivity contribution in [2.45, 2.75) is 25.8 Å². The fraction of sp³-hybridized carbons (Fsp3) is 0.615. The number of hydrogen-bond donors (Lipinski definition) is 1. The molecule has 0 radical (unpaired) electrons. The minimum Gasteiger partial charge on any atom is -0.314 e. The molecule has 1 aromatic rings. The molecular formula is C13H20ClN3. The van der Waals surface area contributed by atoms with Crippen LogP contribution < -0.4 is 5.32 Å². The van der Waals surface area contributed by atoms with Gasteiger partial charge < -0.3 is 5.32 Å². The lowest BCUT2D eigenvalue weighted by Gasteiger charge is -2.35. The first-order valence-electron chi connectivity index (χ1n) is 6.37. The molecule has 94 valence electrons. The van der Waals surface area contributed by atoms with Crippen molar-refractivity contribution in [3.63, 3.8) is 0 Å². The standard InChI is InChI=1S/C13H20ClN3/c1-2-3-13(17-8-6-15-7-9-17)11-4-5-16-10-12(11)14/h4-5,10,13,15H,2-3,6-9H2,1H3/t13-/m1/s1. The molecule has 1 fully saturated rings. The highest BCUT2D eigenvalue weighted by Gasteiger charge is 2.22. The van der Waals surface area contributed by atoms with Crippen molar-refractivity contribution in [2.24, 2.45) is 0 Å². The van der Waals surface area contributed by atoms with E-state index in [-0.39, 0.29) is 0 Å². The molecule has 2 heterocycles. The van der Waals surface area contributed by atoms with Gasteiger partial charge in [-0.05, 0) is 18.1 Å². The SMILES string of the molecule is CCC[C@H](c1ccncc1Cl)N1CCNCC1. The Hall–Kier alpha value is -0.640. The van der Waals surface area contributed by atoms with Crippen LogP contribution in [0.3, 0.4) is 0 Å². The molecule has 1 N–H and O–H groups in total. The second-order valence-electron chi connectivity index (χ2n) is 4.49. The summed E-state index contributed by atoms with van der Waals surface area (Å²) in [5.41, 5.74) is 1.23. The third-order valence-electron chi connectivity index (χ3n) is 3.32. The summed E-state index contributed by atoms with van der Waals surface area (Å²) in [6.45, 7) is 6.57. The van der Waals surface area contributed by atoms with E-state index >= 15 is 0 Å². The third-order valence-corrected chi connectivity index (χ3v) is 3.63. The summed E-state index contributed by atoms with van der Waals surface area (Å²) in [6.07, 6.45) is 5.92. The summed E-state index contributed by atoms with van der Waals surface area (Å²) in [5.74, 6) is 0. The Labute approximate surface area is 108 Å². The van der Waals surface area contributed by atoms with E-state index in [1.807, 2.05) is 6.20 Å². The number of pyridine rings is 1. The fourth-order valence-electron chi connectivity index (χ4n) is 2.46. The number of rotatable bonds is 4. The lowest BCUT2D eigenvalue weighted by atomic mass is 10.0. The molecule has 2 rings (SSSR count). The predicted octanol–water partition coefficient (Wildman–Crippen LogP) is 2.48. The maximum Gasteiger partial charge on any atom is 0.0637 e. The first-order valence-corrected chi connectivity index (χ1v) is 6.75. The van der Waals surface area contributed by atoms with Crippen LogP contribution in [0.5, 0.6) is 0 Å². The van der Waals surface area contributed by atoms with Gasteiger partial charge in [0.05, 0.1) is 5.02 Å². The molecule has 1 aliphatic rings. The maximum absolute atomic E-state index is 6.27. The molecule has 1 saturated heterocycles. The van der Waals surface area contributed by atoms with E-state index in [0.717, 1.165) is 37.6 Å². The van der Waals surface area contributed by atoms with Crippen LogP contribution in [0.4, 0.5) is 0 Å². The van der Waals surface area contributed by atoms with Crippen molar-refractivity contribution in [2.75, 3.05) is 26.2 Å². The average molecular weight is 254 g/mol. The lowest BCUT2D eigenvalue weighted by molar-refractivity contribution is 0.164. The Kier molecular flexibility index (Phi) is 4.77. The topological polar surface area (TPSA) is 28.2 Å². The van der Waals surface area contributed by atoms with Crippen molar-refractivity contribution in [1.82, 2.24) is 15.2 Å². The molecule has 0 aliphatic carbocycles. The number of halogens is 1. The zero-order valence-electron chi connectivity index (χ0n) is 10.3. The van der Waals surface area contributed by atoms with Crippen LogP contribution in [-0.4, -0.2) is 36.1 Å². The number of piperazine rings is 1. The van der Waals surface area contributed by atoms with Gasteiger partial charge in [0.1, 0.15) is 0 Å². The van der Waals surface area contributed by atoms with Crippen molar-refractivity contribution in [3.05, 3.63) is 29.0 Å². The van der Waals surface area contributed by atoms with Crippen molar-refractivity contribution in [3.8, 4) is 0 Å². The van der Waals surface area contributed by atoms with E-state index in [4.69, 9.17) is 11.6 Å². The largest absolute Gasteiger partial charge is 0.314 e. The van der Waals surface area contributed by atoms with E-state index in [2.05, 4.69) is 28.2 Å². The summed E-state index contributed by atoms with van der Waals surface area (Å²) in [5, 5.41) is 4.19. The van der Waals surface area contributed by atoms with Gasteiger partial charge in [-0.25, -0.2) is 0 Å². The van der Waals surface area contributed by atoms with Crippen LogP contribution in [0, 0.1) is 0 Å². The van der Waals surface area contributed by atoms with Gasteiger partial charge in [0.15, 0.2) is 0 Å². The normalized spacial score (nSPS) is 19.2. The smallest absolute Gasteiger partial charge is 0.0637 e. The third kappa shape index (κ3) is 3.18. The molecule has 0 saturated carbocycles. The monoisotopic (exact) mass is 253 g/mol. The molecule has 0 amide bonds. The van der Waals surface area contributed by atoms with Crippen LogP contribution in [0.2, 0.25) is 5.02 Å². The highest BCUT2D eigenvalue weighted by molar-refractivity contribution is 6.31. The minimum atomic E-state index is 0.442. The van der Waals surface area contributed by atoms with Crippen LogP contribution in [0.15, 0.2) is 18.5 Å². The summed E-state index contributed by atoms with van der Waals surface area (Å²) in [7, 11) is 0. The molecule has 17 heavy (non-hydrogen) atoms. The van der Waals surface area contributed by atoms with Crippen LogP contribution in [0.1, 0.15) is 31.4 Å². The molecule has 0 unspecified atom stereocenters. The van der Waals surface area contributed by atoms with Crippen molar-refractivity contribution in [1.29, 1.82) is 0 Å². The van der Waals surface area contributed by atoms with E-state index in [9.17, 15) is 0 Å². The zero-order chi connectivity index (χ0) is 12.1. The molecule has 1 aliphatic heterocycles. The summed E-state index contributed by atoms with van der Waals surface area (Å²) >= 11 is 6.27. The lowest BCUT2D eigenvalue weighted by Crippen LogP contribution is -2.45. The van der Waals surface area contributed by atoms with Gasteiger partial charge in [-0.3, -0.25) is 9.88 Å². The van der Waals surface area contributed by atoms with Gasteiger partial charge in [0.25, 0.3) is 0 Å². The second kappa shape index (κ2) is 6.34. The Morgan fingerprint density at radius 1 is 1.47 bits per heavy atom. The highest BCUT2D eigenvalue weighted by Crippen LogP contribution is 2.30. The number of nitrogens with one attached hydrogen (secondary N) is 1. The number of hydrogen-bond acceptors (Lipinski definition) is 3. The predicted molar refractivity (Wildman–Crippen MR) is 71.3 cm³/mol. The molecule has 4 heteroatoms. The Balaban J connectivity index is 2.18.